The van der Waals surface area contributed by atoms with Crippen molar-refractivity contribution in [3.8, 4) is 0 Å². The van der Waals surface area contributed by atoms with Gasteiger partial charge in [0.15, 0.2) is 0 Å². The van der Waals surface area contributed by atoms with Crippen molar-refractivity contribution in [2.24, 2.45) is 29.6 Å². The Labute approximate surface area is 174 Å². The molecule has 3 nitrogen and oxygen atoms in total. The first-order valence-electron chi connectivity index (χ1n) is 12.6. The van der Waals surface area contributed by atoms with E-state index in [-0.39, 0.29) is 0 Å². The summed E-state index contributed by atoms with van der Waals surface area (Å²) < 4.78 is 0. The van der Waals surface area contributed by atoms with E-state index >= 15 is 0 Å². The van der Waals surface area contributed by atoms with Crippen LogP contribution in [0.1, 0.15) is 91.4 Å². The first-order valence-corrected chi connectivity index (χ1v) is 12.6. The summed E-state index contributed by atoms with van der Waals surface area (Å²) in [6.07, 6.45) is 14.1. The highest BCUT2D eigenvalue weighted by molar-refractivity contribution is 5.79. The Balaban J connectivity index is 1.31. The monoisotopic (exact) mass is 390 g/mol. The van der Waals surface area contributed by atoms with Gasteiger partial charge < -0.3 is 9.80 Å². The van der Waals surface area contributed by atoms with Crippen molar-refractivity contribution >= 4 is 5.91 Å². The largest absolute Gasteiger partial charge is 0.342 e. The molecule has 0 aromatic rings. The van der Waals surface area contributed by atoms with Crippen LogP contribution in [0.15, 0.2) is 0 Å². The summed E-state index contributed by atoms with van der Waals surface area (Å²) >= 11 is 0. The second-order valence-corrected chi connectivity index (χ2v) is 10.5. The first kappa shape index (κ1) is 22.1. The van der Waals surface area contributed by atoms with Crippen molar-refractivity contribution in [1.82, 2.24) is 9.80 Å². The standard InChI is InChI=1S/C25H46N2O/c1-4-5-21-6-8-24(9-7-21)25(28)27-18-11-22(12-19-27)10-15-26-16-13-23(14-17-26)20(2)3/h20-24H,4-19H2,1-3H3. The van der Waals surface area contributed by atoms with Gasteiger partial charge in [0.25, 0.3) is 0 Å². The number of piperidine rings is 2. The van der Waals surface area contributed by atoms with Gasteiger partial charge in [0.1, 0.15) is 0 Å². The molecule has 0 unspecified atom stereocenters. The van der Waals surface area contributed by atoms with Crippen LogP contribution in [0.4, 0.5) is 0 Å². The average molecular weight is 391 g/mol. The Morgan fingerprint density at radius 1 is 0.821 bits per heavy atom. The molecular formula is C25H46N2O. The minimum Gasteiger partial charge on any atom is -0.342 e. The van der Waals surface area contributed by atoms with Crippen molar-refractivity contribution in [3.05, 3.63) is 0 Å². The molecule has 28 heavy (non-hydrogen) atoms. The maximum Gasteiger partial charge on any atom is 0.225 e. The predicted molar refractivity (Wildman–Crippen MR) is 118 cm³/mol. The van der Waals surface area contributed by atoms with E-state index in [9.17, 15) is 4.79 Å². The van der Waals surface area contributed by atoms with Crippen LogP contribution in [0, 0.1) is 29.6 Å². The average Bonchev–Trinajstić information content (AvgIpc) is 2.73. The van der Waals surface area contributed by atoms with Gasteiger partial charge in [0, 0.05) is 19.0 Å². The molecule has 1 amide bonds. The van der Waals surface area contributed by atoms with E-state index in [0.29, 0.717) is 11.8 Å². The molecule has 0 aromatic carbocycles. The van der Waals surface area contributed by atoms with Gasteiger partial charge in [0.2, 0.25) is 5.91 Å². The van der Waals surface area contributed by atoms with E-state index < -0.39 is 0 Å². The van der Waals surface area contributed by atoms with Crippen molar-refractivity contribution < 1.29 is 4.79 Å². The lowest BCUT2D eigenvalue weighted by Gasteiger charge is -2.38. The maximum absolute atomic E-state index is 12.9. The molecule has 3 heteroatoms. The molecule has 1 aliphatic carbocycles. The topological polar surface area (TPSA) is 23.6 Å². The van der Waals surface area contributed by atoms with Crippen molar-refractivity contribution in [2.45, 2.75) is 91.4 Å². The van der Waals surface area contributed by atoms with Crippen molar-refractivity contribution in [3.63, 3.8) is 0 Å². The van der Waals surface area contributed by atoms with Gasteiger partial charge in [0.05, 0.1) is 0 Å². The van der Waals surface area contributed by atoms with Gasteiger partial charge in [-0.2, -0.15) is 0 Å². The van der Waals surface area contributed by atoms with Crippen LogP contribution in [-0.4, -0.2) is 48.4 Å². The van der Waals surface area contributed by atoms with Gasteiger partial charge in [-0.05, 0) is 101 Å². The van der Waals surface area contributed by atoms with Gasteiger partial charge >= 0.3 is 0 Å². The van der Waals surface area contributed by atoms with Gasteiger partial charge in [-0.1, -0.05) is 33.6 Å². The third-order valence-electron chi connectivity index (χ3n) is 8.25. The number of nitrogens with zero attached hydrogens (tertiary/aromatic N) is 2. The molecule has 2 aliphatic heterocycles. The van der Waals surface area contributed by atoms with E-state index in [1.54, 1.807) is 0 Å². The van der Waals surface area contributed by atoms with Gasteiger partial charge in [-0.15, -0.1) is 0 Å². The summed E-state index contributed by atoms with van der Waals surface area (Å²) in [6.45, 7) is 13.0. The molecule has 0 atom stereocenters. The number of likely N-dealkylation sites (tertiary alicyclic amines) is 2. The number of carbonyl (C=O) groups is 1. The quantitative estimate of drug-likeness (QED) is 0.566. The number of rotatable bonds is 7. The summed E-state index contributed by atoms with van der Waals surface area (Å²) in [6, 6.07) is 0. The maximum atomic E-state index is 12.9. The fourth-order valence-corrected chi connectivity index (χ4v) is 6.01. The molecule has 2 saturated heterocycles. The molecule has 162 valence electrons. The van der Waals surface area contributed by atoms with Gasteiger partial charge in [-0.25, -0.2) is 0 Å². The van der Waals surface area contributed by atoms with E-state index in [4.69, 9.17) is 0 Å². The normalized spacial score (nSPS) is 28.8. The second kappa shape index (κ2) is 11.0. The summed E-state index contributed by atoms with van der Waals surface area (Å²) in [7, 11) is 0. The summed E-state index contributed by atoms with van der Waals surface area (Å²) in [5.74, 6) is 4.36. The van der Waals surface area contributed by atoms with E-state index in [1.807, 2.05) is 0 Å². The molecule has 0 aromatic heterocycles. The van der Waals surface area contributed by atoms with E-state index in [0.717, 1.165) is 49.6 Å². The molecule has 3 aliphatic rings. The lowest BCUT2D eigenvalue weighted by atomic mass is 9.79. The zero-order valence-electron chi connectivity index (χ0n) is 19.0. The van der Waals surface area contributed by atoms with Crippen LogP contribution in [0.2, 0.25) is 0 Å². The molecular weight excluding hydrogens is 344 g/mol. The SMILES string of the molecule is CCCC1CCC(C(=O)N2CCC(CCN3CCC(C(C)C)CC3)CC2)CC1. The van der Waals surface area contributed by atoms with Crippen LogP contribution in [0.3, 0.4) is 0 Å². The van der Waals surface area contributed by atoms with Crippen LogP contribution < -0.4 is 0 Å². The zero-order valence-corrected chi connectivity index (χ0v) is 19.0. The van der Waals surface area contributed by atoms with Crippen LogP contribution in [-0.2, 0) is 4.79 Å². The summed E-state index contributed by atoms with van der Waals surface area (Å²) in [4.78, 5) is 17.9. The molecule has 0 radical (unpaired) electrons. The fourth-order valence-electron chi connectivity index (χ4n) is 6.01. The molecule has 0 spiro atoms. The third kappa shape index (κ3) is 6.21. The smallest absolute Gasteiger partial charge is 0.225 e. The van der Waals surface area contributed by atoms with E-state index in [1.165, 1.54) is 77.4 Å². The Kier molecular flexibility index (Phi) is 8.69. The highest BCUT2D eigenvalue weighted by atomic mass is 16.2. The molecule has 3 rings (SSSR count). The third-order valence-corrected chi connectivity index (χ3v) is 8.25. The Morgan fingerprint density at radius 2 is 1.43 bits per heavy atom. The van der Waals surface area contributed by atoms with Crippen LogP contribution >= 0.6 is 0 Å². The van der Waals surface area contributed by atoms with Gasteiger partial charge in [-0.3, -0.25) is 4.79 Å². The lowest BCUT2D eigenvalue weighted by Crippen LogP contribution is -2.43. The second-order valence-electron chi connectivity index (χ2n) is 10.5. The van der Waals surface area contributed by atoms with Crippen molar-refractivity contribution in [2.75, 3.05) is 32.7 Å². The van der Waals surface area contributed by atoms with Crippen LogP contribution in [0.25, 0.3) is 0 Å². The summed E-state index contributed by atoms with van der Waals surface area (Å²) in [5, 5.41) is 0. The summed E-state index contributed by atoms with van der Waals surface area (Å²) in [5.41, 5.74) is 0. The predicted octanol–water partition coefficient (Wildman–Crippen LogP) is 5.59. The highest BCUT2D eigenvalue weighted by Crippen LogP contribution is 2.33. The number of hydrogen-bond acceptors (Lipinski definition) is 2. The lowest BCUT2D eigenvalue weighted by molar-refractivity contribution is -0.138. The Morgan fingerprint density at radius 3 is 2.00 bits per heavy atom. The van der Waals surface area contributed by atoms with E-state index in [2.05, 4.69) is 30.6 Å². The number of amides is 1. The Bertz CT molecular complexity index is 453. The molecule has 0 N–H and O–H groups in total. The van der Waals surface area contributed by atoms with Crippen molar-refractivity contribution in [1.29, 1.82) is 0 Å². The molecule has 2 heterocycles. The minimum atomic E-state index is 0.340. The Hall–Kier alpha value is -0.570. The number of hydrogen-bond donors (Lipinski definition) is 0. The molecule has 1 saturated carbocycles. The highest BCUT2D eigenvalue weighted by Gasteiger charge is 2.31. The number of carbonyl (C=O) groups excluding carboxylic acids is 1. The zero-order chi connectivity index (χ0) is 19.9. The first-order chi connectivity index (χ1) is 13.6. The molecule has 3 fully saturated rings. The minimum absolute atomic E-state index is 0.340. The fraction of sp³-hybridized carbons (Fsp3) is 0.960. The molecule has 0 bridgehead atoms. The van der Waals surface area contributed by atoms with Crippen LogP contribution in [0.5, 0.6) is 0 Å².